The predicted molar refractivity (Wildman–Crippen MR) is 107 cm³/mol. The molecule has 1 unspecified atom stereocenters. The molecule has 6 nitrogen and oxygen atoms in total. The number of para-hydroxylation sites is 1. The van der Waals surface area contributed by atoms with Gasteiger partial charge < -0.3 is 19.9 Å². The van der Waals surface area contributed by atoms with Gasteiger partial charge in [-0.25, -0.2) is 0 Å². The number of methoxy groups -OCH3 is 2. The van der Waals surface area contributed by atoms with Gasteiger partial charge >= 0.3 is 0 Å². The third-order valence-corrected chi connectivity index (χ3v) is 4.80. The number of phenols is 1. The summed E-state index contributed by atoms with van der Waals surface area (Å²) in [6.07, 6.45) is -0.493. The van der Waals surface area contributed by atoms with E-state index in [1.54, 1.807) is 30.2 Å². The highest BCUT2D eigenvalue weighted by molar-refractivity contribution is 6.12. The Morgan fingerprint density at radius 3 is 2.39 bits per heavy atom. The van der Waals surface area contributed by atoms with Crippen LogP contribution in [0.3, 0.4) is 0 Å². The van der Waals surface area contributed by atoms with E-state index in [0.29, 0.717) is 22.7 Å². The van der Waals surface area contributed by atoms with Crippen molar-refractivity contribution in [3.8, 4) is 17.2 Å². The van der Waals surface area contributed by atoms with Crippen LogP contribution in [0, 0.1) is 0 Å². The molecule has 3 aromatic carbocycles. The Kier molecular flexibility index (Phi) is 4.53. The molecule has 1 atom stereocenters. The summed E-state index contributed by atoms with van der Waals surface area (Å²) in [5.41, 5.74) is 2.79. The molecule has 142 valence electrons. The lowest BCUT2D eigenvalue weighted by Crippen LogP contribution is -2.43. The Morgan fingerprint density at radius 2 is 1.71 bits per heavy atom. The number of phenolic OH excluding ortho intramolecular Hbond substituents is 1. The molecule has 1 heterocycles. The third-order valence-electron chi connectivity index (χ3n) is 4.80. The van der Waals surface area contributed by atoms with Crippen LogP contribution in [0.15, 0.2) is 66.7 Å². The monoisotopic (exact) mass is 376 g/mol. The molecule has 28 heavy (non-hydrogen) atoms. The SMILES string of the molecule is COc1ccc(N2C(=O)c3ccccc3NC2c2ccc(OC)c(O)c2)cc1. The van der Waals surface area contributed by atoms with E-state index in [2.05, 4.69) is 5.32 Å². The largest absolute Gasteiger partial charge is 0.504 e. The summed E-state index contributed by atoms with van der Waals surface area (Å²) in [6.45, 7) is 0. The van der Waals surface area contributed by atoms with Crippen molar-refractivity contribution in [2.45, 2.75) is 6.17 Å². The van der Waals surface area contributed by atoms with Crippen molar-refractivity contribution in [2.24, 2.45) is 0 Å². The fourth-order valence-corrected chi connectivity index (χ4v) is 3.37. The average molecular weight is 376 g/mol. The fourth-order valence-electron chi connectivity index (χ4n) is 3.37. The van der Waals surface area contributed by atoms with E-state index in [9.17, 15) is 9.90 Å². The summed E-state index contributed by atoms with van der Waals surface area (Å²) >= 11 is 0. The van der Waals surface area contributed by atoms with Gasteiger partial charge in [-0.3, -0.25) is 9.69 Å². The number of carbonyl (C=O) groups excluding carboxylic acids is 1. The first kappa shape index (κ1) is 17.7. The van der Waals surface area contributed by atoms with Crippen molar-refractivity contribution in [3.63, 3.8) is 0 Å². The maximum Gasteiger partial charge on any atom is 0.262 e. The lowest BCUT2D eigenvalue weighted by atomic mass is 10.0. The molecule has 1 aliphatic rings. The number of nitrogens with zero attached hydrogens (tertiary/aromatic N) is 1. The van der Waals surface area contributed by atoms with Gasteiger partial charge in [0.1, 0.15) is 11.9 Å². The molecular weight excluding hydrogens is 356 g/mol. The third kappa shape index (κ3) is 2.99. The second kappa shape index (κ2) is 7.15. The van der Waals surface area contributed by atoms with Crippen molar-refractivity contribution in [3.05, 3.63) is 77.9 Å². The molecule has 0 radical (unpaired) electrons. The fraction of sp³-hybridized carbons (Fsp3) is 0.136. The van der Waals surface area contributed by atoms with E-state index >= 15 is 0 Å². The van der Waals surface area contributed by atoms with Gasteiger partial charge in [-0.2, -0.15) is 0 Å². The normalized spacial score (nSPS) is 15.6. The molecule has 6 heteroatoms. The Balaban J connectivity index is 1.83. The van der Waals surface area contributed by atoms with Crippen molar-refractivity contribution in [1.82, 2.24) is 0 Å². The molecule has 0 saturated carbocycles. The van der Waals surface area contributed by atoms with Crippen molar-refractivity contribution in [1.29, 1.82) is 0 Å². The minimum Gasteiger partial charge on any atom is -0.504 e. The molecule has 0 fully saturated rings. The molecule has 1 aliphatic heterocycles. The van der Waals surface area contributed by atoms with Crippen LogP contribution < -0.4 is 19.7 Å². The van der Waals surface area contributed by atoms with E-state index < -0.39 is 6.17 Å². The predicted octanol–water partition coefficient (Wildman–Crippen LogP) is 4.18. The van der Waals surface area contributed by atoms with Gasteiger partial charge in [0.15, 0.2) is 11.5 Å². The van der Waals surface area contributed by atoms with Gasteiger partial charge in [0.25, 0.3) is 5.91 Å². The minimum absolute atomic E-state index is 0.0165. The second-order valence-corrected chi connectivity index (χ2v) is 6.40. The second-order valence-electron chi connectivity index (χ2n) is 6.40. The van der Waals surface area contributed by atoms with E-state index in [1.165, 1.54) is 7.11 Å². The van der Waals surface area contributed by atoms with E-state index in [0.717, 1.165) is 11.3 Å². The highest BCUT2D eigenvalue weighted by Crippen LogP contribution is 2.39. The number of hydrogen-bond acceptors (Lipinski definition) is 5. The molecule has 0 spiro atoms. The number of anilines is 2. The van der Waals surface area contributed by atoms with E-state index in [1.807, 2.05) is 48.5 Å². The van der Waals surface area contributed by atoms with Crippen LogP contribution in [0.25, 0.3) is 0 Å². The Hall–Kier alpha value is -3.67. The minimum atomic E-state index is -0.493. The maximum atomic E-state index is 13.3. The van der Waals surface area contributed by atoms with Crippen molar-refractivity contribution >= 4 is 17.3 Å². The standard InChI is InChI=1S/C22H20N2O4/c1-27-16-10-8-15(9-11-16)24-21(14-7-12-20(28-2)19(25)13-14)23-18-6-4-3-5-17(18)22(24)26/h3-13,21,23,25H,1-2H3. The number of carbonyl (C=O) groups is 1. The van der Waals surface area contributed by atoms with E-state index in [-0.39, 0.29) is 11.7 Å². The number of fused-ring (bicyclic) bond motifs is 1. The van der Waals surface area contributed by atoms with Gasteiger partial charge in [0.2, 0.25) is 0 Å². The zero-order chi connectivity index (χ0) is 19.7. The van der Waals surface area contributed by atoms with Crippen molar-refractivity contribution < 1.29 is 19.4 Å². The summed E-state index contributed by atoms with van der Waals surface area (Å²) in [6, 6.07) is 19.8. The number of ether oxygens (including phenoxy) is 2. The summed E-state index contributed by atoms with van der Waals surface area (Å²) < 4.78 is 10.4. The molecule has 0 aromatic heterocycles. The summed E-state index contributed by atoms with van der Waals surface area (Å²) in [5.74, 6) is 0.977. The lowest BCUT2D eigenvalue weighted by molar-refractivity contribution is 0.0975. The van der Waals surface area contributed by atoms with Gasteiger partial charge in [-0.15, -0.1) is 0 Å². The summed E-state index contributed by atoms with van der Waals surface area (Å²) in [7, 11) is 3.10. The number of hydrogen-bond donors (Lipinski definition) is 2. The Labute approximate surface area is 162 Å². The molecule has 2 N–H and O–H groups in total. The van der Waals surface area contributed by atoms with Gasteiger partial charge in [0.05, 0.1) is 19.8 Å². The van der Waals surface area contributed by atoms with Gasteiger partial charge in [0, 0.05) is 11.4 Å². The number of benzene rings is 3. The van der Waals surface area contributed by atoms with E-state index in [4.69, 9.17) is 9.47 Å². The maximum absolute atomic E-state index is 13.3. The lowest BCUT2D eigenvalue weighted by Gasteiger charge is -2.38. The molecule has 0 aliphatic carbocycles. The number of amides is 1. The first-order chi connectivity index (χ1) is 13.6. The van der Waals surface area contributed by atoms with Crippen molar-refractivity contribution in [2.75, 3.05) is 24.4 Å². The zero-order valence-corrected chi connectivity index (χ0v) is 15.5. The first-order valence-electron chi connectivity index (χ1n) is 8.82. The quantitative estimate of drug-likeness (QED) is 0.715. The van der Waals surface area contributed by atoms with Gasteiger partial charge in [-0.05, 0) is 54.1 Å². The first-order valence-corrected chi connectivity index (χ1v) is 8.82. The number of aromatic hydroxyl groups is 1. The molecule has 0 bridgehead atoms. The van der Waals surface area contributed by atoms with Crippen LogP contribution in [0.4, 0.5) is 11.4 Å². The highest BCUT2D eigenvalue weighted by atomic mass is 16.5. The molecule has 0 saturated heterocycles. The smallest absolute Gasteiger partial charge is 0.262 e. The Morgan fingerprint density at radius 1 is 0.964 bits per heavy atom. The molecule has 4 rings (SSSR count). The number of rotatable bonds is 4. The van der Waals surface area contributed by atoms with Crippen LogP contribution >= 0.6 is 0 Å². The van der Waals surface area contributed by atoms with Crippen LogP contribution in [0.2, 0.25) is 0 Å². The van der Waals surface area contributed by atoms with Crippen LogP contribution in [-0.2, 0) is 0 Å². The van der Waals surface area contributed by atoms with Crippen LogP contribution in [0.5, 0.6) is 17.2 Å². The Bertz CT molecular complexity index is 1020. The highest BCUT2D eigenvalue weighted by Gasteiger charge is 2.34. The molecule has 3 aromatic rings. The van der Waals surface area contributed by atoms with Gasteiger partial charge in [-0.1, -0.05) is 18.2 Å². The topological polar surface area (TPSA) is 71.0 Å². The average Bonchev–Trinajstić information content (AvgIpc) is 2.74. The zero-order valence-electron chi connectivity index (χ0n) is 15.5. The molecular formula is C22H20N2O4. The summed E-state index contributed by atoms with van der Waals surface area (Å²) in [4.78, 5) is 15.0. The summed E-state index contributed by atoms with van der Waals surface area (Å²) in [5, 5.41) is 13.6. The molecule has 1 amide bonds. The number of nitrogens with one attached hydrogen (secondary N) is 1. The van der Waals surface area contributed by atoms with Crippen LogP contribution in [-0.4, -0.2) is 25.2 Å². The van der Waals surface area contributed by atoms with Crippen LogP contribution in [0.1, 0.15) is 22.1 Å².